The Hall–Kier alpha value is -1.93. The van der Waals surface area contributed by atoms with Crippen molar-refractivity contribution in [2.24, 2.45) is 0 Å². The zero-order chi connectivity index (χ0) is 19.2. The average Bonchev–Trinajstić information content (AvgIpc) is 2.76. The van der Waals surface area contributed by atoms with Gasteiger partial charge in [0.05, 0.1) is 19.2 Å². The van der Waals surface area contributed by atoms with Crippen molar-refractivity contribution in [1.82, 2.24) is 19.8 Å². The third kappa shape index (κ3) is 5.11. The van der Waals surface area contributed by atoms with E-state index in [2.05, 4.69) is 20.1 Å². The molecule has 0 spiro atoms. The highest BCUT2D eigenvalue weighted by molar-refractivity contribution is 5.78. The van der Waals surface area contributed by atoms with Crippen molar-refractivity contribution in [1.29, 1.82) is 0 Å². The Morgan fingerprint density at radius 2 is 1.93 bits per heavy atom. The van der Waals surface area contributed by atoms with Crippen LogP contribution in [0, 0.1) is 0 Å². The van der Waals surface area contributed by atoms with Gasteiger partial charge in [-0.1, -0.05) is 0 Å². The molecule has 3 fully saturated rings. The van der Waals surface area contributed by atoms with Crippen molar-refractivity contribution in [2.45, 2.75) is 38.1 Å². The van der Waals surface area contributed by atoms with Crippen molar-refractivity contribution < 1.29 is 9.53 Å². The van der Waals surface area contributed by atoms with E-state index < -0.39 is 0 Å². The summed E-state index contributed by atoms with van der Waals surface area (Å²) < 4.78 is 5.54. The summed E-state index contributed by atoms with van der Waals surface area (Å²) in [5.74, 6) is 1.91. The number of piperazine rings is 1. The molecule has 0 bridgehead atoms. The Kier molecular flexibility index (Phi) is 6.59. The fourth-order valence-corrected chi connectivity index (χ4v) is 4.19. The van der Waals surface area contributed by atoms with Gasteiger partial charge in [-0.2, -0.15) is 4.98 Å². The summed E-state index contributed by atoms with van der Waals surface area (Å²) in [6.45, 7) is 7.44. The quantitative estimate of drug-likeness (QED) is 0.812. The van der Waals surface area contributed by atoms with Crippen molar-refractivity contribution in [3.63, 3.8) is 0 Å². The summed E-state index contributed by atoms with van der Waals surface area (Å²) in [6.07, 6.45) is 7.57. The normalized spacial score (nSPS) is 24.2. The van der Waals surface area contributed by atoms with E-state index in [1.54, 1.807) is 0 Å². The Balaban J connectivity index is 1.26. The number of nitrogens with zero attached hydrogens (tertiary/aromatic N) is 5. The number of likely N-dealkylation sites (tertiary alicyclic amines) is 1. The molecule has 0 aliphatic carbocycles. The molecule has 8 nitrogen and oxygen atoms in total. The van der Waals surface area contributed by atoms with Crippen molar-refractivity contribution in [2.75, 3.05) is 69.2 Å². The number of rotatable bonds is 5. The summed E-state index contributed by atoms with van der Waals surface area (Å²) in [7, 11) is 0. The van der Waals surface area contributed by atoms with Crippen LogP contribution in [-0.2, 0) is 9.53 Å². The first-order valence-electron chi connectivity index (χ1n) is 10.7. The summed E-state index contributed by atoms with van der Waals surface area (Å²) in [5.41, 5.74) is 0. The van der Waals surface area contributed by atoms with Crippen LogP contribution in [0.25, 0.3) is 0 Å². The smallest absolute Gasteiger partial charge is 0.236 e. The van der Waals surface area contributed by atoms with Gasteiger partial charge in [0.25, 0.3) is 0 Å². The number of piperidine rings is 1. The number of carbonyl (C=O) groups excluding carboxylic acids is 1. The van der Waals surface area contributed by atoms with Crippen molar-refractivity contribution in [3.05, 3.63) is 12.3 Å². The third-order valence-electron chi connectivity index (χ3n) is 5.88. The van der Waals surface area contributed by atoms with Gasteiger partial charge < -0.3 is 19.9 Å². The Morgan fingerprint density at radius 1 is 1.11 bits per heavy atom. The van der Waals surface area contributed by atoms with Gasteiger partial charge in [-0.25, -0.2) is 4.98 Å². The number of aromatic nitrogens is 2. The maximum atomic E-state index is 12.5. The Morgan fingerprint density at radius 3 is 2.68 bits per heavy atom. The zero-order valence-corrected chi connectivity index (χ0v) is 16.7. The second kappa shape index (κ2) is 9.52. The maximum absolute atomic E-state index is 12.5. The molecule has 1 aromatic heterocycles. The minimum absolute atomic E-state index is 0.283. The molecule has 3 aliphatic heterocycles. The van der Waals surface area contributed by atoms with Crippen LogP contribution in [0.4, 0.5) is 11.8 Å². The van der Waals surface area contributed by atoms with Crippen LogP contribution in [0.2, 0.25) is 0 Å². The molecule has 8 heteroatoms. The number of hydrogen-bond donors (Lipinski definition) is 1. The molecule has 0 radical (unpaired) electrons. The number of amides is 1. The van der Waals surface area contributed by atoms with Crippen LogP contribution < -0.4 is 10.2 Å². The largest absolute Gasteiger partial charge is 0.379 e. The monoisotopic (exact) mass is 388 g/mol. The van der Waals surface area contributed by atoms with Crippen LogP contribution in [-0.4, -0.2) is 90.7 Å². The van der Waals surface area contributed by atoms with Gasteiger partial charge in [0.2, 0.25) is 11.9 Å². The van der Waals surface area contributed by atoms with Gasteiger partial charge >= 0.3 is 0 Å². The molecule has 1 atom stereocenters. The van der Waals surface area contributed by atoms with Crippen LogP contribution in [0.15, 0.2) is 12.3 Å². The lowest BCUT2D eigenvalue weighted by Crippen LogP contribution is -2.51. The highest BCUT2D eigenvalue weighted by Crippen LogP contribution is 2.17. The summed E-state index contributed by atoms with van der Waals surface area (Å²) >= 11 is 0. The third-order valence-corrected chi connectivity index (χ3v) is 5.88. The van der Waals surface area contributed by atoms with E-state index >= 15 is 0 Å². The van der Waals surface area contributed by atoms with E-state index in [0.29, 0.717) is 12.6 Å². The standard InChI is InChI=1S/C20H32N6O2/c27-19(25-8-2-1-3-9-25)15-24-10-12-26(13-11-24)20-21-7-6-18(23-20)22-17-5-4-14-28-16-17/h6-7,17H,1-5,8-16H2,(H,21,22,23). The summed E-state index contributed by atoms with van der Waals surface area (Å²) in [4.78, 5) is 28.2. The van der Waals surface area contributed by atoms with Gasteiger partial charge in [-0.05, 0) is 38.2 Å². The van der Waals surface area contributed by atoms with E-state index in [1.807, 2.05) is 17.2 Å². The molecular weight excluding hydrogens is 356 g/mol. The Bertz CT molecular complexity index is 637. The number of anilines is 2. The van der Waals surface area contributed by atoms with Crippen LogP contribution in [0.5, 0.6) is 0 Å². The van der Waals surface area contributed by atoms with Crippen LogP contribution >= 0.6 is 0 Å². The Labute approximate surface area is 167 Å². The SMILES string of the molecule is O=C(CN1CCN(c2nccc(NC3CCCOC3)n2)CC1)N1CCCCC1. The number of ether oxygens (including phenoxy) is 1. The molecule has 4 heterocycles. The van der Waals surface area contributed by atoms with Gasteiger partial charge in [-0.15, -0.1) is 0 Å². The molecule has 3 saturated heterocycles. The van der Waals surface area contributed by atoms with Crippen LogP contribution in [0.1, 0.15) is 32.1 Å². The summed E-state index contributed by atoms with van der Waals surface area (Å²) in [5, 5.41) is 3.47. The molecule has 1 aromatic rings. The number of carbonyl (C=O) groups is 1. The first kappa shape index (κ1) is 19.4. The minimum atomic E-state index is 0.283. The number of hydrogen-bond acceptors (Lipinski definition) is 7. The van der Waals surface area contributed by atoms with E-state index in [1.165, 1.54) is 6.42 Å². The topological polar surface area (TPSA) is 73.8 Å². The second-order valence-corrected chi connectivity index (χ2v) is 8.00. The molecule has 1 N–H and O–H groups in total. The first-order valence-corrected chi connectivity index (χ1v) is 10.7. The highest BCUT2D eigenvalue weighted by atomic mass is 16.5. The van der Waals surface area contributed by atoms with E-state index in [0.717, 1.165) is 89.9 Å². The van der Waals surface area contributed by atoms with Gasteiger partial charge in [0.15, 0.2) is 0 Å². The van der Waals surface area contributed by atoms with Gasteiger partial charge in [0.1, 0.15) is 5.82 Å². The molecule has 154 valence electrons. The maximum Gasteiger partial charge on any atom is 0.236 e. The molecule has 0 saturated carbocycles. The highest BCUT2D eigenvalue weighted by Gasteiger charge is 2.24. The van der Waals surface area contributed by atoms with Gasteiger partial charge in [-0.3, -0.25) is 9.69 Å². The van der Waals surface area contributed by atoms with E-state index in [9.17, 15) is 4.79 Å². The lowest BCUT2D eigenvalue weighted by Gasteiger charge is -2.36. The molecular formula is C20H32N6O2. The number of nitrogens with one attached hydrogen (secondary N) is 1. The molecule has 4 rings (SSSR count). The molecule has 1 unspecified atom stereocenters. The molecule has 1 amide bonds. The molecule has 0 aromatic carbocycles. The fraction of sp³-hybridized carbons (Fsp3) is 0.750. The van der Waals surface area contributed by atoms with E-state index in [-0.39, 0.29) is 5.91 Å². The second-order valence-electron chi connectivity index (χ2n) is 8.00. The molecule has 28 heavy (non-hydrogen) atoms. The average molecular weight is 389 g/mol. The fourth-order valence-electron chi connectivity index (χ4n) is 4.19. The van der Waals surface area contributed by atoms with Crippen molar-refractivity contribution in [3.8, 4) is 0 Å². The lowest BCUT2D eigenvalue weighted by atomic mass is 10.1. The van der Waals surface area contributed by atoms with Gasteiger partial charge in [0, 0.05) is 52.1 Å². The van der Waals surface area contributed by atoms with E-state index in [4.69, 9.17) is 9.72 Å². The summed E-state index contributed by atoms with van der Waals surface area (Å²) in [6, 6.07) is 2.25. The predicted molar refractivity (Wildman–Crippen MR) is 109 cm³/mol. The zero-order valence-electron chi connectivity index (χ0n) is 16.7. The van der Waals surface area contributed by atoms with Crippen molar-refractivity contribution >= 4 is 17.7 Å². The minimum Gasteiger partial charge on any atom is -0.379 e. The first-order chi connectivity index (χ1) is 13.8. The molecule has 3 aliphatic rings. The predicted octanol–water partition coefficient (Wildman–Crippen LogP) is 1.20. The lowest BCUT2D eigenvalue weighted by molar-refractivity contribution is -0.133. The van der Waals surface area contributed by atoms with Crippen LogP contribution in [0.3, 0.4) is 0 Å².